The number of hydrogen-bond donors (Lipinski definition) is 0. The second-order valence-corrected chi connectivity index (χ2v) is 3.10. The van der Waals surface area contributed by atoms with E-state index in [1.165, 1.54) is 12.1 Å². The summed E-state index contributed by atoms with van der Waals surface area (Å²) >= 11 is 5.47. The van der Waals surface area contributed by atoms with Gasteiger partial charge in [0.1, 0.15) is 5.82 Å². The lowest BCUT2D eigenvalue weighted by Crippen LogP contribution is -1.88. The van der Waals surface area contributed by atoms with Gasteiger partial charge in [0.05, 0.1) is 6.42 Å². The Balaban J connectivity index is 2.18. The van der Waals surface area contributed by atoms with Crippen LogP contribution < -0.4 is 0 Å². The van der Waals surface area contributed by atoms with Crippen molar-refractivity contribution >= 4 is 11.6 Å². The fraction of sp³-hybridized carbons (Fsp3) is 0.111. The van der Waals surface area contributed by atoms with Crippen molar-refractivity contribution in [2.45, 2.75) is 6.42 Å². The normalized spacial score (nSPS) is 10.4. The van der Waals surface area contributed by atoms with E-state index in [2.05, 4.69) is 10.1 Å². The summed E-state index contributed by atoms with van der Waals surface area (Å²) in [6, 6.07) is 6.20. The summed E-state index contributed by atoms with van der Waals surface area (Å²) in [6.45, 7) is 0. The molecule has 14 heavy (non-hydrogen) atoms. The fourth-order valence-electron chi connectivity index (χ4n) is 1.13. The largest absolute Gasteiger partial charge is 0.338 e. The molecule has 1 aromatic carbocycles. The molecule has 2 aromatic rings. The quantitative estimate of drug-likeness (QED) is 0.768. The first-order valence-electron chi connectivity index (χ1n) is 3.96. The van der Waals surface area contributed by atoms with E-state index >= 15 is 0 Å². The van der Waals surface area contributed by atoms with Gasteiger partial charge < -0.3 is 4.52 Å². The second-order valence-electron chi connectivity index (χ2n) is 2.76. The van der Waals surface area contributed by atoms with Crippen LogP contribution in [0.5, 0.6) is 0 Å². The van der Waals surface area contributed by atoms with E-state index in [4.69, 9.17) is 16.1 Å². The molecular formula is C9H6ClFN2O. The highest BCUT2D eigenvalue weighted by atomic mass is 35.5. The number of halogens is 2. The number of nitrogens with zero attached hydrogens (tertiary/aromatic N) is 2. The summed E-state index contributed by atoms with van der Waals surface area (Å²) < 4.78 is 17.6. The van der Waals surface area contributed by atoms with Crippen LogP contribution in [0, 0.1) is 5.82 Å². The zero-order chi connectivity index (χ0) is 9.97. The van der Waals surface area contributed by atoms with Gasteiger partial charge in [-0.25, -0.2) is 4.39 Å². The molecule has 2 rings (SSSR count). The van der Waals surface area contributed by atoms with Gasteiger partial charge in [-0.1, -0.05) is 12.1 Å². The van der Waals surface area contributed by atoms with Crippen LogP contribution in [-0.2, 0) is 6.42 Å². The predicted octanol–water partition coefficient (Wildman–Crippen LogP) is 2.45. The molecule has 0 aliphatic carbocycles. The highest BCUT2D eigenvalue weighted by Gasteiger charge is 2.05. The van der Waals surface area contributed by atoms with E-state index < -0.39 is 0 Å². The van der Waals surface area contributed by atoms with Crippen molar-refractivity contribution in [2.24, 2.45) is 0 Å². The Morgan fingerprint density at radius 1 is 1.43 bits per heavy atom. The summed E-state index contributed by atoms with van der Waals surface area (Å²) in [7, 11) is 0. The van der Waals surface area contributed by atoms with Crippen LogP contribution in [0.4, 0.5) is 4.39 Å². The minimum atomic E-state index is -0.284. The molecule has 72 valence electrons. The van der Waals surface area contributed by atoms with E-state index in [1.807, 2.05) is 0 Å². The molecule has 0 saturated heterocycles. The molecule has 1 heterocycles. The summed E-state index contributed by atoms with van der Waals surface area (Å²) in [4.78, 5) is 3.80. The Morgan fingerprint density at radius 2 is 2.29 bits per heavy atom. The lowest BCUT2D eigenvalue weighted by molar-refractivity contribution is 0.384. The van der Waals surface area contributed by atoms with Crippen molar-refractivity contribution in [1.29, 1.82) is 0 Å². The van der Waals surface area contributed by atoms with Gasteiger partial charge in [-0.15, -0.1) is 0 Å². The number of hydrogen-bond acceptors (Lipinski definition) is 3. The standard InChI is InChI=1S/C9H6ClFN2O/c10-9-12-8(14-13-9)5-6-2-1-3-7(11)4-6/h1-4H,5H2. The highest BCUT2D eigenvalue weighted by molar-refractivity contribution is 6.28. The number of rotatable bonds is 2. The van der Waals surface area contributed by atoms with Crippen molar-refractivity contribution in [3.05, 3.63) is 46.8 Å². The van der Waals surface area contributed by atoms with Gasteiger partial charge >= 0.3 is 0 Å². The average molecular weight is 213 g/mol. The SMILES string of the molecule is Fc1cccc(Cc2nc(Cl)no2)c1. The van der Waals surface area contributed by atoms with Crippen LogP contribution >= 0.6 is 11.6 Å². The van der Waals surface area contributed by atoms with Crippen LogP contribution in [0.3, 0.4) is 0 Å². The Hall–Kier alpha value is -1.42. The molecule has 1 aromatic heterocycles. The zero-order valence-electron chi connectivity index (χ0n) is 7.08. The molecular weight excluding hydrogens is 207 g/mol. The molecule has 0 aliphatic rings. The summed E-state index contributed by atoms with van der Waals surface area (Å²) in [5.41, 5.74) is 0.769. The number of benzene rings is 1. The fourth-order valence-corrected chi connectivity index (χ4v) is 1.26. The highest BCUT2D eigenvalue weighted by Crippen LogP contribution is 2.10. The minimum absolute atomic E-state index is 0.0661. The summed E-state index contributed by atoms with van der Waals surface area (Å²) in [6.07, 6.45) is 0.386. The van der Waals surface area contributed by atoms with Gasteiger partial charge in [-0.05, 0) is 34.5 Å². The summed E-state index contributed by atoms with van der Waals surface area (Å²) in [5.74, 6) is 0.0914. The summed E-state index contributed by atoms with van der Waals surface area (Å²) in [5, 5.41) is 3.49. The molecule has 0 amide bonds. The molecule has 3 nitrogen and oxygen atoms in total. The van der Waals surface area contributed by atoms with Crippen LogP contribution in [-0.4, -0.2) is 10.1 Å². The maximum atomic E-state index is 12.8. The molecule has 5 heteroatoms. The lowest BCUT2D eigenvalue weighted by atomic mass is 10.1. The molecule has 0 saturated carbocycles. The van der Waals surface area contributed by atoms with Crippen molar-refractivity contribution in [3.8, 4) is 0 Å². The van der Waals surface area contributed by atoms with Crippen LogP contribution in [0.1, 0.15) is 11.5 Å². The van der Waals surface area contributed by atoms with E-state index in [0.29, 0.717) is 12.3 Å². The van der Waals surface area contributed by atoms with E-state index in [9.17, 15) is 4.39 Å². The van der Waals surface area contributed by atoms with E-state index in [1.54, 1.807) is 12.1 Å². The monoisotopic (exact) mass is 212 g/mol. The van der Waals surface area contributed by atoms with Crippen molar-refractivity contribution in [2.75, 3.05) is 0 Å². The second kappa shape index (κ2) is 3.75. The molecule has 0 radical (unpaired) electrons. The minimum Gasteiger partial charge on any atom is -0.338 e. The average Bonchev–Trinajstić information content (AvgIpc) is 2.51. The molecule has 0 spiro atoms. The van der Waals surface area contributed by atoms with Gasteiger partial charge in [-0.2, -0.15) is 4.98 Å². The third-order valence-corrected chi connectivity index (χ3v) is 1.84. The van der Waals surface area contributed by atoms with Crippen LogP contribution in [0.25, 0.3) is 0 Å². The van der Waals surface area contributed by atoms with Crippen LogP contribution in [0.15, 0.2) is 28.8 Å². The first-order valence-corrected chi connectivity index (χ1v) is 4.34. The Morgan fingerprint density at radius 3 is 2.93 bits per heavy atom. The van der Waals surface area contributed by atoms with Crippen molar-refractivity contribution < 1.29 is 8.91 Å². The van der Waals surface area contributed by atoms with Crippen molar-refractivity contribution in [3.63, 3.8) is 0 Å². The van der Waals surface area contributed by atoms with E-state index in [-0.39, 0.29) is 11.1 Å². The lowest BCUT2D eigenvalue weighted by Gasteiger charge is -1.95. The maximum absolute atomic E-state index is 12.8. The molecule has 0 aliphatic heterocycles. The first-order chi connectivity index (χ1) is 6.74. The topological polar surface area (TPSA) is 38.9 Å². The molecule has 0 fully saturated rings. The van der Waals surface area contributed by atoms with Gasteiger partial charge in [0.25, 0.3) is 5.28 Å². The molecule has 0 atom stereocenters. The predicted molar refractivity (Wildman–Crippen MR) is 48.5 cm³/mol. The first kappa shape index (κ1) is 9.15. The Labute approximate surface area is 84.5 Å². The third-order valence-electron chi connectivity index (χ3n) is 1.69. The Bertz CT molecular complexity index is 444. The smallest absolute Gasteiger partial charge is 0.263 e. The van der Waals surface area contributed by atoms with Crippen LogP contribution in [0.2, 0.25) is 5.28 Å². The van der Waals surface area contributed by atoms with Crippen molar-refractivity contribution in [1.82, 2.24) is 10.1 Å². The van der Waals surface area contributed by atoms with Gasteiger partial charge in [0.2, 0.25) is 5.89 Å². The maximum Gasteiger partial charge on any atom is 0.263 e. The van der Waals surface area contributed by atoms with E-state index in [0.717, 1.165) is 5.56 Å². The van der Waals surface area contributed by atoms with Gasteiger partial charge in [0.15, 0.2) is 0 Å². The van der Waals surface area contributed by atoms with Gasteiger partial charge in [0, 0.05) is 0 Å². The molecule has 0 N–H and O–H groups in total. The Kier molecular flexibility index (Phi) is 2.45. The molecule has 0 bridgehead atoms. The number of aromatic nitrogens is 2. The molecule has 0 unspecified atom stereocenters. The van der Waals surface area contributed by atoms with Gasteiger partial charge in [-0.3, -0.25) is 0 Å². The zero-order valence-corrected chi connectivity index (χ0v) is 7.83. The third kappa shape index (κ3) is 2.09.